The highest BCUT2D eigenvalue weighted by atomic mass is 16.4. The molecule has 4 saturated carbocycles. The molecule has 2 aliphatic heterocycles. The Balaban J connectivity index is 1.05. The van der Waals surface area contributed by atoms with Gasteiger partial charge in [-0.05, 0) is 87.0 Å². The Kier molecular flexibility index (Phi) is 6.32. The lowest BCUT2D eigenvalue weighted by molar-refractivity contribution is -0.145. The first-order valence-corrected chi connectivity index (χ1v) is 15.0. The fourth-order valence-corrected chi connectivity index (χ4v) is 8.70. The second kappa shape index (κ2) is 9.92. The number of pyridine rings is 1. The number of nitrogens with two attached hydrogens (primary N) is 1. The van der Waals surface area contributed by atoms with Crippen LogP contribution in [0, 0.1) is 29.1 Å². The molecule has 4 bridgehead atoms. The van der Waals surface area contributed by atoms with Crippen molar-refractivity contribution in [1.82, 2.24) is 10.3 Å². The number of amides is 3. The third-order valence-electron chi connectivity index (χ3n) is 10.6. The zero-order chi connectivity index (χ0) is 28.3. The van der Waals surface area contributed by atoms with E-state index in [1.165, 1.54) is 0 Å². The molecule has 5 fully saturated rings. The summed E-state index contributed by atoms with van der Waals surface area (Å²) < 4.78 is 0. The molecule has 1 aromatic heterocycles. The van der Waals surface area contributed by atoms with Gasteiger partial charge in [0.25, 0.3) is 0 Å². The maximum absolute atomic E-state index is 13.7. The van der Waals surface area contributed by atoms with Crippen LogP contribution in [0.3, 0.4) is 0 Å². The summed E-state index contributed by atoms with van der Waals surface area (Å²) in [5, 5.41) is 12.7. The van der Waals surface area contributed by atoms with Crippen molar-refractivity contribution in [2.75, 3.05) is 40.9 Å². The maximum atomic E-state index is 13.7. The number of carbonyl (C=O) groups excluding carboxylic acids is 2. The quantitative estimate of drug-likeness (QED) is 0.509. The molecule has 3 amide bonds. The van der Waals surface area contributed by atoms with E-state index in [1.54, 1.807) is 0 Å². The van der Waals surface area contributed by atoms with Gasteiger partial charge >= 0.3 is 12.0 Å². The molecule has 3 heterocycles. The van der Waals surface area contributed by atoms with Crippen molar-refractivity contribution in [2.45, 2.75) is 51.0 Å². The highest BCUT2D eigenvalue weighted by Gasteiger charge is 2.58. The lowest BCUT2D eigenvalue weighted by atomic mass is 9.47. The number of benzene rings is 1. The van der Waals surface area contributed by atoms with E-state index >= 15 is 0 Å². The number of carbonyl (C=O) groups is 3. The first-order chi connectivity index (χ1) is 19.8. The topological polar surface area (TPSA) is 132 Å². The number of nitrogens with one attached hydrogen (secondary N) is 1. The molecule has 8 rings (SSSR count). The molecule has 2 aromatic rings. The van der Waals surface area contributed by atoms with Crippen LogP contribution >= 0.6 is 0 Å². The summed E-state index contributed by atoms with van der Waals surface area (Å²) in [5.41, 5.74) is 8.29. The van der Waals surface area contributed by atoms with E-state index in [-0.39, 0.29) is 29.3 Å². The first kappa shape index (κ1) is 26.1. The van der Waals surface area contributed by atoms with E-state index in [0.29, 0.717) is 56.8 Å². The number of piperidine rings is 1. The average molecular weight is 559 g/mol. The fourth-order valence-electron chi connectivity index (χ4n) is 8.70. The number of aromatic nitrogens is 1. The Hall–Kier alpha value is -3.82. The first-order valence-electron chi connectivity index (χ1n) is 15.0. The number of rotatable bonds is 5. The number of para-hydroxylation sites is 2. The number of aliphatic carboxylic acids is 1. The fraction of sp³-hybridized carbons (Fsp3) is 0.548. The summed E-state index contributed by atoms with van der Waals surface area (Å²) in [7, 11) is 0. The molecular formula is C31H38N6O4. The number of hydrogen-bond acceptors (Lipinski definition) is 6. The second-order valence-corrected chi connectivity index (χ2v) is 12.9. The van der Waals surface area contributed by atoms with Gasteiger partial charge in [0.15, 0.2) is 0 Å². The summed E-state index contributed by atoms with van der Waals surface area (Å²) in [6, 6.07) is 12.0. The molecule has 10 nitrogen and oxygen atoms in total. The van der Waals surface area contributed by atoms with Gasteiger partial charge < -0.3 is 26.0 Å². The van der Waals surface area contributed by atoms with Gasteiger partial charge in [0.2, 0.25) is 5.91 Å². The van der Waals surface area contributed by atoms with E-state index in [1.807, 2.05) is 41.4 Å². The summed E-state index contributed by atoms with van der Waals surface area (Å²) in [6.07, 6.45) is 7.80. The van der Waals surface area contributed by atoms with Gasteiger partial charge in [-0.15, -0.1) is 0 Å². The zero-order valence-corrected chi connectivity index (χ0v) is 23.2. The molecule has 0 spiro atoms. The van der Waals surface area contributed by atoms with Gasteiger partial charge in [-0.25, -0.2) is 9.78 Å². The number of fused-ring (bicyclic) bond motifs is 1. The second-order valence-electron chi connectivity index (χ2n) is 12.9. The Morgan fingerprint density at radius 2 is 1.63 bits per heavy atom. The van der Waals surface area contributed by atoms with Crippen molar-refractivity contribution in [3.05, 3.63) is 42.6 Å². The number of nitrogens with zero attached hydrogens (tertiary/aromatic N) is 4. The van der Waals surface area contributed by atoms with E-state index in [9.17, 15) is 19.5 Å². The van der Waals surface area contributed by atoms with Crippen LogP contribution in [-0.4, -0.2) is 60.2 Å². The summed E-state index contributed by atoms with van der Waals surface area (Å²) in [5.74, 6) is 0.861. The highest BCUT2D eigenvalue weighted by molar-refractivity contribution is 5.98. The van der Waals surface area contributed by atoms with E-state index in [0.717, 1.165) is 55.0 Å². The number of anilines is 4. The van der Waals surface area contributed by atoms with Gasteiger partial charge in [0.1, 0.15) is 5.82 Å². The summed E-state index contributed by atoms with van der Waals surface area (Å²) in [6.45, 7) is 2.57. The smallest absolute Gasteiger partial charge is 0.322 e. The van der Waals surface area contributed by atoms with E-state index in [4.69, 9.17) is 10.7 Å². The maximum Gasteiger partial charge on any atom is 0.322 e. The van der Waals surface area contributed by atoms with Crippen molar-refractivity contribution in [3.63, 3.8) is 0 Å². The van der Waals surface area contributed by atoms with Gasteiger partial charge in [0.05, 0.1) is 29.2 Å². The lowest BCUT2D eigenvalue weighted by Crippen LogP contribution is -2.63. The Labute approximate surface area is 239 Å². The van der Waals surface area contributed by atoms with E-state index in [2.05, 4.69) is 21.2 Å². The van der Waals surface area contributed by atoms with Crippen LogP contribution in [0.4, 0.5) is 27.7 Å². The van der Waals surface area contributed by atoms with Crippen LogP contribution in [0.25, 0.3) is 0 Å². The van der Waals surface area contributed by atoms with Gasteiger partial charge in [-0.3, -0.25) is 14.5 Å². The normalized spacial score (nSPS) is 30.7. The van der Waals surface area contributed by atoms with Gasteiger partial charge in [-0.1, -0.05) is 12.1 Å². The number of hydrogen-bond donors (Lipinski definition) is 3. The van der Waals surface area contributed by atoms with E-state index < -0.39 is 5.97 Å². The zero-order valence-electron chi connectivity index (χ0n) is 23.2. The van der Waals surface area contributed by atoms with Crippen LogP contribution in [-0.2, 0) is 9.59 Å². The third kappa shape index (κ3) is 4.48. The molecule has 216 valence electrons. The van der Waals surface area contributed by atoms with Crippen molar-refractivity contribution >= 4 is 40.8 Å². The molecule has 41 heavy (non-hydrogen) atoms. The standard InChI is InChI=1S/C31H38N6O4/c32-29(40)31-15-19-13-21(16-31)27(22(14-19)17-31)34-30(41)37-12-11-36(24-3-1-2-4-25(24)37)26-6-5-23(18-33-26)35-9-7-20(8-10-35)28(38)39/h1-6,18-22,27H,7-17H2,(H2,32,40)(H,34,41)(H,38,39)/t19?,21-,22+,27?,31?. The van der Waals surface area contributed by atoms with Crippen LogP contribution in [0.1, 0.15) is 44.9 Å². The molecule has 10 heteroatoms. The third-order valence-corrected chi connectivity index (χ3v) is 10.6. The molecule has 4 aliphatic carbocycles. The number of carboxylic acids is 1. The van der Waals surface area contributed by atoms with Gasteiger partial charge in [0, 0.05) is 37.6 Å². The molecule has 1 aromatic carbocycles. The number of carboxylic acid groups (broad SMARTS) is 1. The Morgan fingerprint density at radius 3 is 2.27 bits per heavy atom. The molecule has 6 aliphatic rings. The molecule has 3 unspecified atom stereocenters. The van der Waals surface area contributed by atoms with Crippen LogP contribution < -0.4 is 25.8 Å². The predicted molar refractivity (Wildman–Crippen MR) is 155 cm³/mol. The number of urea groups is 1. The monoisotopic (exact) mass is 558 g/mol. The molecule has 1 saturated heterocycles. The van der Waals surface area contributed by atoms with Crippen LogP contribution in [0.15, 0.2) is 42.6 Å². The van der Waals surface area contributed by atoms with Crippen LogP contribution in [0.5, 0.6) is 0 Å². The van der Waals surface area contributed by atoms with Gasteiger partial charge in [-0.2, -0.15) is 0 Å². The summed E-state index contributed by atoms with van der Waals surface area (Å²) >= 11 is 0. The average Bonchev–Trinajstić information content (AvgIpc) is 2.98. The SMILES string of the molecule is NC(=O)C12CC3C[C@H](C1)C(NC(=O)N1CCN(c4ccc(N5CCC(C(=O)O)CC5)cn4)c4ccccc41)[C@@H](C3)C2. The lowest BCUT2D eigenvalue weighted by Gasteiger charge is -2.59. The number of primary amides is 1. The largest absolute Gasteiger partial charge is 0.481 e. The summed E-state index contributed by atoms with van der Waals surface area (Å²) in [4.78, 5) is 48.4. The van der Waals surface area contributed by atoms with Crippen molar-refractivity contribution in [3.8, 4) is 0 Å². The van der Waals surface area contributed by atoms with Crippen molar-refractivity contribution < 1.29 is 19.5 Å². The highest BCUT2D eigenvalue weighted by Crippen LogP contribution is 2.60. The molecular weight excluding hydrogens is 520 g/mol. The van der Waals surface area contributed by atoms with Crippen LogP contribution in [0.2, 0.25) is 0 Å². The minimum Gasteiger partial charge on any atom is -0.481 e. The molecule has 4 N–H and O–H groups in total. The van der Waals surface area contributed by atoms with Crippen molar-refractivity contribution in [2.24, 2.45) is 34.8 Å². The Morgan fingerprint density at radius 1 is 0.927 bits per heavy atom. The Bertz CT molecular complexity index is 1340. The van der Waals surface area contributed by atoms with Crippen molar-refractivity contribution in [1.29, 1.82) is 0 Å². The minimum absolute atomic E-state index is 0.0734. The molecule has 0 radical (unpaired) electrons. The predicted octanol–water partition coefficient (Wildman–Crippen LogP) is 3.73. The molecule has 5 atom stereocenters. The minimum atomic E-state index is -0.709.